The van der Waals surface area contributed by atoms with Gasteiger partial charge in [-0.05, 0) is 24.6 Å². The van der Waals surface area contributed by atoms with E-state index in [9.17, 15) is 13.2 Å². The summed E-state index contributed by atoms with van der Waals surface area (Å²) in [6, 6.07) is 4.41. The van der Waals surface area contributed by atoms with E-state index < -0.39 is 15.9 Å². The molecule has 0 saturated heterocycles. The fourth-order valence-electron chi connectivity index (χ4n) is 1.49. The van der Waals surface area contributed by atoms with E-state index >= 15 is 0 Å². The Bertz CT molecular complexity index is 709. The number of aryl methyl sites for hydroxylation is 1. The van der Waals surface area contributed by atoms with Gasteiger partial charge in [0.1, 0.15) is 6.33 Å². The van der Waals surface area contributed by atoms with Crippen LogP contribution in [0.5, 0.6) is 0 Å². The molecule has 0 unspecified atom stereocenters. The molecule has 2 rings (SSSR count). The second-order valence-electron chi connectivity index (χ2n) is 3.81. The highest BCUT2D eigenvalue weighted by Gasteiger charge is 2.14. The highest BCUT2D eigenvalue weighted by Crippen LogP contribution is 2.19. The number of nitrogens with two attached hydrogens (primary N) is 1. The Hall–Kier alpha value is -2.26. The first-order valence-corrected chi connectivity index (χ1v) is 6.73. The molecule has 1 heterocycles. The van der Waals surface area contributed by atoms with Crippen molar-refractivity contribution in [3.8, 4) is 0 Å². The van der Waals surface area contributed by atoms with Crippen LogP contribution in [0.1, 0.15) is 16.2 Å². The molecule has 0 aliphatic heterocycles. The van der Waals surface area contributed by atoms with Crippen molar-refractivity contribution in [2.75, 3.05) is 5.32 Å². The van der Waals surface area contributed by atoms with Gasteiger partial charge in [-0.2, -0.15) is 5.10 Å². The Morgan fingerprint density at radius 3 is 2.74 bits per heavy atom. The van der Waals surface area contributed by atoms with Gasteiger partial charge in [-0.1, -0.05) is 6.07 Å². The number of amides is 1. The molecule has 100 valence electrons. The van der Waals surface area contributed by atoms with E-state index in [-0.39, 0.29) is 10.7 Å². The van der Waals surface area contributed by atoms with Crippen molar-refractivity contribution >= 4 is 21.6 Å². The smallest absolute Gasteiger partial charge is 0.292 e. The molecule has 8 nitrogen and oxygen atoms in total. The summed E-state index contributed by atoms with van der Waals surface area (Å²) < 4.78 is 22.7. The van der Waals surface area contributed by atoms with E-state index in [1.165, 1.54) is 12.4 Å². The van der Waals surface area contributed by atoms with Crippen LogP contribution in [0, 0.1) is 6.92 Å². The second-order valence-corrected chi connectivity index (χ2v) is 5.34. The van der Waals surface area contributed by atoms with Gasteiger partial charge in [-0.25, -0.2) is 18.5 Å². The Kier molecular flexibility index (Phi) is 3.32. The average molecular weight is 281 g/mol. The zero-order valence-electron chi connectivity index (χ0n) is 9.91. The SMILES string of the molecule is Cc1ccc(NC(=O)c2ncn[nH]2)cc1S(N)(=O)=O. The van der Waals surface area contributed by atoms with Crippen molar-refractivity contribution in [2.45, 2.75) is 11.8 Å². The number of hydrogen-bond acceptors (Lipinski definition) is 5. The maximum atomic E-state index is 11.7. The Morgan fingerprint density at radius 2 is 2.16 bits per heavy atom. The lowest BCUT2D eigenvalue weighted by molar-refractivity contribution is 0.101. The molecule has 1 aromatic heterocycles. The predicted molar refractivity (Wildman–Crippen MR) is 66.9 cm³/mol. The summed E-state index contributed by atoms with van der Waals surface area (Å²) in [5.74, 6) is -0.501. The van der Waals surface area contributed by atoms with Crippen molar-refractivity contribution in [1.29, 1.82) is 0 Å². The molecule has 1 aromatic carbocycles. The van der Waals surface area contributed by atoms with Crippen molar-refractivity contribution in [2.24, 2.45) is 5.14 Å². The molecule has 4 N–H and O–H groups in total. The fraction of sp³-hybridized carbons (Fsp3) is 0.100. The molecular weight excluding hydrogens is 270 g/mol. The summed E-state index contributed by atoms with van der Waals surface area (Å²) in [7, 11) is -3.83. The Labute approximate surface area is 109 Å². The average Bonchev–Trinajstić information content (AvgIpc) is 2.83. The minimum atomic E-state index is -3.83. The van der Waals surface area contributed by atoms with Gasteiger partial charge in [-0.15, -0.1) is 0 Å². The van der Waals surface area contributed by atoms with E-state index in [1.54, 1.807) is 19.1 Å². The van der Waals surface area contributed by atoms with E-state index in [2.05, 4.69) is 20.5 Å². The number of aromatic amines is 1. The van der Waals surface area contributed by atoms with Crippen LogP contribution >= 0.6 is 0 Å². The third kappa shape index (κ3) is 2.95. The van der Waals surface area contributed by atoms with Gasteiger partial charge in [-0.3, -0.25) is 9.89 Å². The molecule has 0 fully saturated rings. The number of rotatable bonds is 3. The third-order valence-electron chi connectivity index (χ3n) is 2.38. The zero-order valence-corrected chi connectivity index (χ0v) is 10.7. The van der Waals surface area contributed by atoms with Crippen molar-refractivity contribution in [1.82, 2.24) is 15.2 Å². The maximum Gasteiger partial charge on any atom is 0.292 e. The topological polar surface area (TPSA) is 131 Å². The number of carbonyl (C=O) groups excluding carboxylic acids is 1. The standard InChI is InChI=1S/C10H11N5O3S/c1-6-2-3-7(4-8(6)19(11,17)18)14-10(16)9-12-5-13-15-9/h2-5H,1H3,(H,14,16)(H2,11,17,18)(H,12,13,15). The van der Waals surface area contributed by atoms with Gasteiger partial charge in [0.05, 0.1) is 4.90 Å². The van der Waals surface area contributed by atoms with Gasteiger partial charge in [0, 0.05) is 5.69 Å². The molecule has 0 spiro atoms. The number of primary sulfonamides is 1. The highest BCUT2D eigenvalue weighted by molar-refractivity contribution is 7.89. The molecule has 0 aliphatic rings. The number of hydrogen-bond donors (Lipinski definition) is 3. The third-order valence-corrected chi connectivity index (χ3v) is 3.44. The number of sulfonamides is 1. The van der Waals surface area contributed by atoms with Crippen LogP contribution < -0.4 is 10.5 Å². The van der Waals surface area contributed by atoms with Crippen LogP contribution in [0.2, 0.25) is 0 Å². The number of nitrogens with zero attached hydrogens (tertiary/aromatic N) is 2. The number of H-pyrrole nitrogens is 1. The lowest BCUT2D eigenvalue weighted by Crippen LogP contribution is -2.16. The first kappa shape index (κ1) is 13.2. The normalized spacial score (nSPS) is 11.3. The van der Waals surface area contributed by atoms with Crippen LogP contribution in [0.3, 0.4) is 0 Å². The van der Waals surface area contributed by atoms with E-state index in [0.717, 1.165) is 0 Å². The maximum absolute atomic E-state index is 11.7. The first-order chi connectivity index (χ1) is 8.88. The predicted octanol–water partition coefficient (Wildman–Crippen LogP) is 0.0128. The Balaban J connectivity index is 2.30. The van der Waals surface area contributed by atoms with E-state index in [4.69, 9.17) is 5.14 Å². The van der Waals surface area contributed by atoms with Gasteiger partial charge in [0.2, 0.25) is 15.8 Å². The van der Waals surface area contributed by atoms with Crippen molar-refractivity contribution in [3.05, 3.63) is 35.9 Å². The van der Waals surface area contributed by atoms with E-state index in [0.29, 0.717) is 11.3 Å². The summed E-state index contributed by atoms with van der Waals surface area (Å²) >= 11 is 0. The lowest BCUT2D eigenvalue weighted by Gasteiger charge is -2.07. The molecule has 1 amide bonds. The number of carbonyl (C=O) groups is 1. The molecule has 0 radical (unpaired) electrons. The monoisotopic (exact) mass is 281 g/mol. The van der Waals surface area contributed by atoms with Crippen LogP contribution in [-0.4, -0.2) is 29.5 Å². The van der Waals surface area contributed by atoms with Gasteiger partial charge in [0.15, 0.2) is 0 Å². The summed E-state index contributed by atoms with van der Waals surface area (Å²) in [6.45, 7) is 1.61. The number of aromatic nitrogens is 3. The minimum Gasteiger partial charge on any atom is -0.319 e. The summed E-state index contributed by atoms with van der Waals surface area (Å²) in [6.07, 6.45) is 1.19. The molecule has 0 aliphatic carbocycles. The zero-order chi connectivity index (χ0) is 14.0. The molecule has 0 saturated carbocycles. The second kappa shape index (κ2) is 4.78. The molecule has 2 aromatic rings. The molecule has 0 atom stereocenters. The number of benzene rings is 1. The Morgan fingerprint density at radius 1 is 1.42 bits per heavy atom. The molecular formula is C10H11N5O3S. The summed E-state index contributed by atoms with van der Waals surface area (Å²) in [5.41, 5.74) is 0.802. The number of nitrogens with one attached hydrogen (secondary N) is 2. The van der Waals surface area contributed by atoms with E-state index in [1.807, 2.05) is 0 Å². The summed E-state index contributed by atoms with van der Waals surface area (Å²) in [4.78, 5) is 15.3. The van der Waals surface area contributed by atoms with Crippen LogP contribution in [0.4, 0.5) is 5.69 Å². The first-order valence-electron chi connectivity index (χ1n) is 5.18. The largest absolute Gasteiger partial charge is 0.319 e. The lowest BCUT2D eigenvalue weighted by atomic mass is 10.2. The fourth-order valence-corrected chi connectivity index (χ4v) is 2.30. The minimum absolute atomic E-state index is 0.0257. The summed E-state index contributed by atoms with van der Waals surface area (Å²) in [5, 5.41) is 13.5. The van der Waals surface area contributed by atoms with Gasteiger partial charge in [0.25, 0.3) is 5.91 Å². The van der Waals surface area contributed by atoms with Crippen molar-refractivity contribution in [3.63, 3.8) is 0 Å². The van der Waals surface area contributed by atoms with Crippen LogP contribution in [0.25, 0.3) is 0 Å². The highest BCUT2D eigenvalue weighted by atomic mass is 32.2. The molecule has 19 heavy (non-hydrogen) atoms. The molecule has 0 bridgehead atoms. The van der Waals surface area contributed by atoms with Gasteiger partial charge >= 0.3 is 0 Å². The number of anilines is 1. The molecule has 9 heteroatoms. The van der Waals surface area contributed by atoms with Crippen LogP contribution in [-0.2, 0) is 10.0 Å². The van der Waals surface area contributed by atoms with Crippen LogP contribution in [0.15, 0.2) is 29.4 Å². The van der Waals surface area contributed by atoms with Gasteiger partial charge < -0.3 is 5.32 Å². The quantitative estimate of drug-likeness (QED) is 0.729. The van der Waals surface area contributed by atoms with Crippen molar-refractivity contribution < 1.29 is 13.2 Å².